The first kappa shape index (κ1) is 23.8. The minimum atomic E-state index is -0.990. The molecule has 34 heavy (non-hydrogen) atoms. The fraction of sp³-hybridized carbons (Fsp3) is 0.240. The van der Waals surface area contributed by atoms with Gasteiger partial charge >= 0.3 is 6.09 Å². The molecule has 7 nitrogen and oxygen atoms in total. The van der Waals surface area contributed by atoms with E-state index in [1.165, 1.54) is 0 Å². The van der Waals surface area contributed by atoms with Crippen LogP contribution in [-0.2, 0) is 4.79 Å². The fourth-order valence-corrected chi connectivity index (χ4v) is 4.70. The molecular weight excluding hydrogens is 474 g/mol. The molecule has 1 saturated heterocycles. The molecule has 2 aromatic carbocycles. The lowest BCUT2D eigenvalue weighted by atomic mass is 10.0. The van der Waals surface area contributed by atoms with Crippen LogP contribution in [0, 0.1) is 6.92 Å². The molecule has 3 aromatic rings. The van der Waals surface area contributed by atoms with Crippen molar-refractivity contribution in [2.45, 2.75) is 25.8 Å². The van der Waals surface area contributed by atoms with Gasteiger partial charge in [0, 0.05) is 24.3 Å². The Morgan fingerprint density at radius 3 is 2.41 bits per heavy atom. The number of hydrogen-bond donors (Lipinski definition) is 2. The number of carbonyl (C=O) groups is 3. The van der Waals surface area contributed by atoms with Gasteiger partial charge in [0.25, 0.3) is 11.8 Å². The summed E-state index contributed by atoms with van der Waals surface area (Å²) < 4.78 is 5.75. The highest BCUT2D eigenvalue weighted by atomic mass is 35.5. The molecule has 4 rings (SSSR count). The van der Waals surface area contributed by atoms with Crippen molar-refractivity contribution in [3.8, 4) is 5.06 Å². The van der Waals surface area contributed by atoms with E-state index in [0.29, 0.717) is 26.2 Å². The third kappa shape index (κ3) is 5.76. The van der Waals surface area contributed by atoms with Gasteiger partial charge in [-0.25, -0.2) is 4.79 Å². The van der Waals surface area contributed by atoms with Gasteiger partial charge in [0.2, 0.25) is 0 Å². The van der Waals surface area contributed by atoms with Gasteiger partial charge in [-0.15, -0.1) is 0 Å². The van der Waals surface area contributed by atoms with E-state index in [9.17, 15) is 14.4 Å². The van der Waals surface area contributed by atoms with Gasteiger partial charge < -0.3 is 20.3 Å². The Morgan fingerprint density at radius 1 is 1.03 bits per heavy atom. The summed E-state index contributed by atoms with van der Waals surface area (Å²) in [5.41, 5.74) is 2.52. The van der Waals surface area contributed by atoms with Crippen LogP contribution in [0.4, 0.5) is 10.5 Å². The average Bonchev–Trinajstić information content (AvgIpc) is 3.50. The van der Waals surface area contributed by atoms with Crippen molar-refractivity contribution >= 4 is 46.5 Å². The molecule has 0 unspecified atom stereocenters. The number of halogens is 1. The van der Waals surface area contributed by atoms with Crippen molar-refractivity contribution in [1.29, 1.82) is 0 Å². The van der Waals surface area contributed by atoms with Gasteiger partial charge in [0.05, 0.1) is 4.34 Å². The van der Waals surface area contributed by atoms with Crippen LogP contribution in [0.2, 0.25) is 4.34 Å². The van der Waals surface area contributed by atoms with Crippen molar-refractivity contribution in [3.63, 3.8) is 0 Å². The van der Waals surface area contributed by atoms with Crippen molar-refractivity contribution in [1.82, 2.24) is 10.2 Å². The number of carbonyl (C=O) groups excluding carboxylic acids is 3. The van der Waals surface area contributed by atoms with Crippen LogP contribution in [0.1, 0.15) is 40.4 Å². The van der Waals surface area contributed by atoms with Crippen molar-refractivity contribution < 1.29 is 19.1 Å². The maximum absolute atomic E-state index is 13.2. The first-order valence-corrected chi connectivity index (χ1v) is 12.1. The number of benzene rings is 2. The molecule has 1 aliphatic rings. The second-order valence-corrected chi connectivity index (χ2v) is 9.63. The normalized spacial score (nSPS) is 13.9. The summed E-state index contributed by atoms with van der Waals surface area (Å²) in [6.07, 6.45) is 1.27. The molecular formula is C25H24ClN3O4S. The number of anilines is 1. The standard InChI is InChI=1S/C25H24ClN3O4S/c1-16-15-18(9-10-19(16)24(31)29-13-5-6-14-29)27-23(30)22(17-7-3-2-4-8-17)28-25(32)33-21-12-11-20(26)34-21/h2-4,7-12,15,22H,5-6,13-14H2,1H3,(H,27,30)(H,28,32)/t22-/m1/s1. The number of nitrogens with zero attached hydrogens (tertiary/aromatic N) is 1. The largest absolute Gasteiger partial charge is 0.414 e. The smallest absolute Gasteiger partial charge is 0.399 e. The quantitative estimate of drug-likeness (QED) is 0.476. The van der Waals surface area contributed by atoms with Gasteiger partial charge in [-0.05, 0) is 61.2 Å². The summed E-state index contributed by atoms with van der Waals surface area (Å²) in [4.78, 5) is 40.2. The lowest BCUT2D eigenvalue weighted by molar-refractivity contribution is -0.118. The zero-order chi connectivity index (χ0) is 24.1. The predicted molar refractivity (Wildman–Crippen MR) is 133 cm³/mol. The summed E-state index contributed by atoms with van der Waals surface area (Å²) in [5, 5.41) is 5.78. The Balaban J connectivity index is 1.48. The first-order chi connectivity index (χ1) is 16.4. The van der Waals surface area contributed by atoms with Gasteiger partial charge in [-0.2, -0.15) is 0 Å². The molecule has 1 aromatic heterocycles. The molecule has 3 amide bonds. The van der Waals surface area contributed by atoms with Crippen molar-refractivity contribution in [2.24, 2.45) is 0 Å². The molecule has 0 bridgehead atoms. The summed E-state index contributed by atoms with van der Waals surface area (Å²) in [5.74, 6) is -0.432. The Bertz CT molecular complexity index is 1190. The van der Waals surface area contributed by atoms with Crippen LogP contribution in [0.25, 0.3) is 0 Å². The number of ether oxygens (including phenoxy) is 1. The van der Waals surface area contributed by atoms with Gasteiger partial charge in [0.15, 0.2) is 5.06 Å². The van der Waals surface area contributed by atoms with Crippen LogP contribution in [-0.4, -0.2) is 35.9 Å². The number of rotatable bonds is 6. The van der Waals surface area contributed by atoms with Crippen LogP contribution < -0.4 is 15.4 Å². The first-order valence-electron chi connectivity index (χ1n) is 10.9. The number of likely N-dealkylation sites (tertiary alicyclic amines) is 1. The number of hydrogen-bond acceptors (Lipinski definition) is 5. The lowest BCUT2D eigenvalue weighted by Crippen LogP contribution is -2.38. The molecule has 0 saturated carbocycles. The molecule has 1 aliphatic heterocycles. The lowest BCUT2D eigenvalue weighted by Gasteiger charge is -2.20. The Morgan fingerprint density at radius 2 is 1.76 bits per heavy atom. The molecule has 2 N–H and O–H groups in total. The second kappa shape index (κ2) is 10.7. The van der Waals surface area contributed by atoms with E-state index in [1.54, 1.807) is 54.6 Å². The maximum atomic E-state index is 13.2. The summed E-state index contributed by atoms with van der Waals surface area (Å²) in [6, 6.07) is 16.3. The third-order valence-corrected chi connectivity index (χ3v) is 6.63. The van der Waals surface area contributed by atoms with Crippen LogP contribution in [0.5, 0.6) is 5.06 Å². The number of nitrogens with one attached hydrogen (secondary N) is 2. The average molecular weight is 498 g/mol. The van der Waals surface area contributed by atoms with Crippen LogP contribution in [0.15, 0.2) is 60.7 Å². The highest BCUT2D eigenvalue weighted by Crippen LogP contribution is 2.28. The molecule has 0 spiro atoms. The van der Waals surface area contributed by atoms with E-state index in [1.807, 2.05) is 17.9 Å². The van der Waals surface area contributed by atoms with Crippen LogP contribution in [0.3, 0.4) is 0 Å². The Labute approximate surface area is 206 Å². The zero-order valence-electron chi connectivity index (χ0n) is 18.5. The molecule has 2 heterocycles. The SMILES string of the molecule is Cc1cc(NC(=O)[C@H](NC(=O)Oc2ccc(Cl)s2)c2ccccc2)ccc1C(=O)N1CCCC1. The van der Waals surface area contributed by atoms with Gasteiger partial charge in [0.1, 0.15) is 6.04 Å². The van der Waals surface area contributed by atoms with Gasteiger partial charge in [-0.3, -0.25) is 9.59 Å². The van der Waals surface area contributed by atoms with E-state index >= 15 is 0 Å². The van der Waals surface area contributed by atoms with E-state index in [0.717, 1.165) is 42.8 Å². The number of thiophene rings is 1. The number of amides is 3. The van der Waals surface area contributed by atoms with Crippen LogP contribution >= 0.6 is 22.9 Å². The van der Waals surface area contributed by atoms with E-state index in [-0.39, 0.29) is 5.91 Å². The Hall–Kier alpha value is -3.36. The van der Waals surface area contributed by atoms with Gasteiger partial charge in [-0.1, -0.05) is 53.3 Å². The maximum Gasteiger partial charge on any atom is 0.414 e. The van der Waals surface area contributed by atoms with Crippen molar-refractivity contribution in [3.05, 3.63) is 81.7 Å². The molecule has 0 aliphatic carbocycles. The molecule has 1 fully saturated rings. The Kier molecular flexibility index (Phi) is 7.49. The molecule has 0 radical (unpaired) electrons. The highest BCUT2D eigenvalue weighted by Gasteiger charge is 2.25. The summed E-state index contributed by atoms with van der Waals surface area (Å²) in [7, 11) is 0. The van der Waals surface area contributed by atoms with E-state index in [2.05, 4.69) is 10.6 Å². The highest BCUT2D eigenvalue weighted by molar-refractivity contribution is 7.17. The van der Waals surface area contributed by atoms with E-state index < -0.39 is 18.0 Å². The number of aryl methyl sites for hydroxylation is 1. The fourth-order valence-electron chi connectivity index (χ4n) is 3.82. The second-order valence-electron chi connectivity index (χ2n) is 7.95. The summed E-state index contributed by atoms with van der Waals surface area (Å²) in [6.45, 7) is 3.39. The zero-order valence-corrected chi connectivity index (χ0v) is 20.1. The minimum Gasteiger partial charge on any atom is -0.399 e. The van der Waals surface area contributed by atoms with E-state index in [4.69, 9.17) is 16.3 Å². The molecule has 9 heteroatoms. The van der Waals surface area contributed by atoms with Crippen molar-refractivity contribution in [2.75, 3.05) is 18.4 Å². The minimum absolute atomic E-state index is 0.00753. The molecule has 176 valence electrons. The summed E-state index contributed by atoms with van der Waals surface area (Å²) >= 11 is 7.00. The monoisotopic (exact) mass is 497 g/mol. The topological polar surface area (TPSA) is 87.7 Å². The predicted octanol–water partition coefficient (Wildman–Crippen LogP) is 5.41. The molecule has 1 atom stereocenters. The third-order valence-electron chi connectivity index (χ3n) is 5.52.